The minimum Gasteiger partial charge on any atom is -0.494 e. The lowest BCUT2D eigenvalue weighted by Crippen LogP contribution is -2.21. The first-order valence-corrected chi connectivity index (χ1v) is 8.88. The van der Waals surface area contributed by atoms with E-state index in [0.717, 1.165) is 0 Å². The van der Waals surface area contributed by atoms with Crippen LogP contribution in [0.3, 0.4) is 0 Å². The van der Waals surface area contributed by atoms with E-state index < -0.39 is 12.0 Å². The molecule has 0 fully saturated rings. The number of anilines is 1. The van der Waals surface area contributed by atoms with Crippen LogP contribution in [0.2, 0.25) is 0 Å². The molecule has 146 valence electrons. The number of nitrogens with one attached hydrogen (secondary N) is 1. The average molecular weight is 382 g/mol. The standard InChI is InChI=1S/C21H22N2O5/c1-3-17(24)13-28-19-10-15(9-18(11-19)27-4-2)20(21(25)26)23-16-7-5-14(12-22)6-8-16/h5-11,20,23H,3-4,13H2,1-2H3,(H,25,26)/t20-/m1/s1. The zero-order valence-electron chi connectivity index (χ0n) is 15.8. The lowest BCUT2D eigenvalue weighted by Gasteiger charge is -2.18. The fraction of sp³-hybridized carbons (Fsp3) is 0.286. The molecular weight excluding hydrogens is 360 g/mol. The van der Waals surface area contributed by atoms with Gasteiger partial charge in [0.25, 0.3) is 0 Å². The van der Waals surface area contributed by atoms with Gasteiger partial charge in [0, 0.05) is 18.2 Å². The summed E-state index contributed by atoms with van der Waals surface area (Å²) >= 11 is 0. The largest absolute Gasteiger partial charge is 0.494 e. The maximum atomic E-state index is 11.9. The molecule has 1 atom stereocenters. The van der Waals surface area contributed by atoms with Crippen LogP contribution in [0.4, 0.5) is 5.69 Å². The van der Waals surface area contributed by atoms with Crippen molar-refractivity contribution in [3.8, 4) is 17.6 Å². The van der Waals surface area contributed by atoms with Gasteiger partial charge in [-0.1, -0.05) is 6.92 Å². The molecule has 0 amide bonds. The second-order valence-electron chi connectivity index (χ2n) is 5.96. The van der Waals surface area contributed by atoms with Gasteiger partial charge < -0.3 is 19.9 Å². The molecule has 0 bridgehead atoms. The molecule has 0 saturated heterocycles. The summed E-state index contributed by atoms with van der Waals surface area (Å²) < 4.78 is 11.0. The molecule has 0 aliphatic heterocycles. The number of ether oxygens (including phenoxy) is 2. The fourth-order valence-corrected chi connectivity index (χ4v) is 2.45. The number of nitriles is 1. The minimum atomic E-state index is -1.09. The summed E-state index contributed by atoms with van der Waals surface area (Å²) in [5.41, 5.74) is 1.45. The number of carboxylic acids is 1. The summed E-state index contributed by atoms with van der Waals surface area (Å²) in [7, 11) is 0. The van der Waals surface area contributed by atoms with E-state index >= 15 is 0 Å². The van der Waals surface area contributed by atoms with Crippen molar-refractivity contribution in [1.29, 1.82) is 5.26 Å². The summed E-state index contributed by atoms with van der Waals surface area (Å²) in [6, 6.07) is 12.2. The molecule has 0 radical (unpaired) electrons. The van der Waals surface area contributed by atoms with Crippen molar-refractivity contribution in [3.05, 3.63) is 53.6 Å². The molecule has 2 rings (SSSR count). The summed E-state index contributed by atoms with van der Waals surface area (Å²) in [6.07, 6.45) is 0.357. The van der Waals surface area contributed by atoms with Crippen molar-refractivity contribution in [2.45, 2.75) is 26.3 Å². The van der Waals surface area contributed by atoms with Crippen LogP contribution in [0.15, 0.2) is 42.5 Å². The summed E-state index contributed by atoms with van der Waals surface area (Å²) in [5, 5.41) is 21.5. The molecule has 2 N–H and O–H groups in total. The Hall–Kier alpha value is -3.53. The van der Waals surface area contributed by atoms with Crippen LogP contribution in [0, 0.1) is 11.3 Å². The van der Waals surface area contributed by atoms with Crippen LogP contribution in [0.1, 0.15) is 37.4 Å². The lowest BCUT2D eigenvalue weighted by atomic mass is 10.1. The average Bonchev–Trinajstić information content (AvgIpc) is 2.70. The monoisotopic (exact) mass is 382 g/mol. The summed E-state index contributed by atoms with van der Waals surface area (Å²) in [5.74, 6) is -0.343. The molecule has 2 aromatic rings. The van der Waals surface area contributed by atoms with Gasteiger partial charge in [0.05, 0.1) is 18.2 Å². The maximum absolute atomic E-state index is 11.9. The van der Waals surface area contributed by atoms with E-state index in [-0.39, 0.29) is 12.4 Å². The van der Waals surface area contributed by atoms with Crippen LogP contribution in [0.25, 0.3) is 0 Å². The molecular formula is C21H22N2O5. The van der Waals surface area contributed by atoms with Crippen molar-refractivity contribution in [3.63, 3.8) is 0 Å². The number of hydrogen-bond donors (Lipinski definition) is 2. The highest BCUT2D eigenvalue weighted by molar-refractivity contribution is 5.80. The number of rotatable bonds is 10. The third-order valence-electron chi connectivity index (χ3n) is 3.91. The third-order valence-corrected chi connectivity index (χ3v) is 3.91. The van der Waals surface area contributed by atoms with Crippen molar-refractivity contribution < 1.29 is 24.2 Å². The van der Waals surface area contributed by atoms with Crippen LogP contribution in [-0.2, 0) is 9.59 Å². The highest BCUT2D eigenvalue weighted by atomic mass is 16.5. The van der Waals surface area contributed by atoms with Gasteiger partial charge in [-0.25, -0.2) is 4.79 Å². The van der Waals surface area contributed by atoms with Crippen LogP contribution < -0.4 is 14.8 Å². The van der Waals surface area contributed by atoms with Crippen molar-refractivity contribution in [1.82, 2.24) is 0 Å². The maximum Gasteiger partial charge on any atom is 0.330 e. The highest BCUT2D eigenvalue weighted by Crippen LogP contribution is 2.29. The summed E-state index contributed by atoms with van der Waals surface area (Å²) in [6.45, 7) is 3.87. The molecule has 28 heavy (non-hydrogen) atoms. The van der Waals surface area contributed by atoms with Gasteiger partial charge in [0.15, 0.2) is 11.8 Å². The first-order valence-electron chi connectivity index (χ1n) is 8.88. The van der Waals surface area contributed by atoms with E-state index in [2.05, 4.69) is 5.32 Å². The van der Waals surface area contributed by atoms with Gasteiger partial charge in [-0.3, -0.25) is 4.79 Å². The molecule has 0 heterocycles. The van der Waals surface area contributed by atoms with Crippen LogP contribution in [0.5, 0.6) is 11.5 Å². The van der Waals surface area contributed by atoms with E-state index in [1.165, 1.54) is 0 Å². The van der Waals surface area contributed by atoms with Gasteiger partial charge in [-0.2, -0.15) is 5.26 Å². The number of aliphatic carboxylic acids is 1. The van der Waals surface area contributed by atoms with Crippen molar-refractivity contribution >= 4 is 17.4 Å². The molecule has 7 nitrogen and oxygen atoms in total. The SMILES string of the molecule is CCOc1cc(OCC(=O)CC)cc([C@@H](Nc2ccc(C#N)cc2)C(=O)O)c1. The van der Waals surface area contributed by atoms with E-state index in [1.807, 2.05) is 13.0 Å². The van der Waals surface area contributed by atoms with Gasteiger partial charge in [-0.05, 0) is 48.9 Å². The molecule has 0 aliphatic carbocycles. The number of carbonyl (C=O) groups is 2. The van der Waals surface area contributed by atoms with E-state index in [9.17, 15) is 14.7 Å². The second kappa shape index (κ2) is 9.97. The topological polar surface area (TPSA) is 109 Å². The van der Waals surface area contributed by atoms with E-state index in [4.69, 9.17) is 14.7 Å². The number of benzene rings is 2. The second-order valence-corrected chi connectivity index (χ2v) is 5.96. The number of Topliss-reactive ketones (excluding diaryl/α,β-unsaturated/α-hetero) is 1. The number of ketones is 1. The van der Waals surface area contributed by atoms with Crippen molar-refractivity contribution in [2.24, 2.45) is 0 Å². The minimum absolute atomic E-state index is 0.0612. The zero-order chi connectivity index (χ0) is 20.5. The molecule has 7 heteroatoms. The molecule has 0 spiro atoms. The number of nitrogens with zero attached hydrogens (tertiary/aromatic N) is 1. The zero-order valence-corrected chi connectivity index (χ0v) is 15.8. The third kappa shape index (κ3) is 5.74. The first kappa shape index (κ1) is 20.8. The Morgan fingerprint density at radius 1 is 1.11 bits per heavy atom. The molecule has 0 unspecified atom stereocenters. The Labute approximate surface area is 163 Å². The fourth-order valence-electron chi connectivity index (χ4n) is 2.45. The highest BCUT2D eigenvalue weighted by Gasteiger charge is 2.22. The Balaban J connectivity index is 2.32. The molecule has 2 aromatic carbocycles. The predicted molar refractivity (Wildman–Crippen MR) is 104 cm³/mol. The first-order chi connectivity index (χ1) is 13.5. The van der Waals surface area contributed by atoms with Gasteiger partial charge in [0.2, 0.25) is 0 Å². The number of hydrogen-bond acceptors (Lipinski definition) is 6. The molecule has 0 saturated carbocycles. The van der Waals surface area contributed by atoms with E-state index in [1.54, 1.807) is 49.4 Å². The Morgan fingerprint density at radius 2 is 1.75 bits per heavy atom. The molecule has 0 aromatic heterocycles. The molecule has 0 aliphatic rings. The Bertz CT molecular complexity index is 871. The van der Waals surface area contributed by atoms with Gasteiger partial charge >= 0.3 is 5.97 Å². The summed E-state index contributed by atoms with van der Waals surface area (Å²) in [4.78, 5) is 23.4. The Kier molecular flexibility index (Phi) is 7.40. The van der Waals surface area contributed by atoms with Gasteiger partial charge in [-0.15, -0.1) is 0 Å². The van der Waals surface area contributed by atoms with Crippen LogP contribution >= 0.6 is 0 Å². The quantitative estimate of drug-likeness (QED) is 0.647. The van der Waals surface area contributed by atoms with Crippen LogP contribution in [-0.4, -0.2) is 30.1 Å². The number of carboxylic acid groups (broad SMARTS) is 1. The number of carbonyl (C=O) groups excluding carboxylic acids is 1. The van der Waals surface area contributed by atoms with Gasteiger partial charge in [0.1, 0.15) is 18.1 Å². The smallest absolute Gasteiger partial charge is 0.330 e. The lowest BCUT2D eigenvalue weighted by molar-refractivity contribution is -0.138. The Morgan fingerprint density at radius 3 is 2.29 bits per heavy atom. The van der Waals surface area contributed by atoms with E-state index in [0.29, 0.717) is 41.3 Å². The van der Waals surface area contributed by atoms with Crippen molar-refractivity contribution in [2.75, 3.05) is 18.5 Å². The predicted octanol–water partition coefficient (Wildman–Crippen LogP) is 3.55. The normalized spacial score (nSPS) is 11.2.